The van der Waals surface area contributed by atoms with E-state index in [-0.39, 0.29) is 0 Å². The molecule has 0 spiro atoms. The average Bonchev–Trinajstić information content (AvgIpc) is 2.53. The first-order chi connectivity index (χ1) is 10.6. The monoisotopic (exact) mass is 282 g/mol. The number of benzene rings is 4. The van der Waals surface area contributed by atoms with Crippen LogP contribution in [0.2, 0.25) is 0 Å². The summed E-state index contributed by atoms with van der Waals surface area (Å²) < 4.78 is 0. The third kappa shape index (κ3) is 1.52. The largest absolute Gasteiger partial charge is 0.0911 e. The molecular formula is C22H18. The summed E-state index contributed by atoms with van der Waals surface area (Å²) in [7, 11) is 0. The van der Waals surface area contributed by atoms with Crippen LogP contribution < -0.4 is 15.7 Å². The van der Waals surface area contributed by atoms with Crippen LogP contribution in [0, 0.1) is 6.92 Å². The first-order valence-electron chi connectivity index (χ1n) is 7.64. The lowest BCUT2D eigenvalue weighted by Crippen LogP contribution is -2.14. The Balaban J connectivity index is 2.61. The molecule has 0 atom stereocenters. The standard InChI is InChI=1S/C22H18/c1-5-16-11-9-13(2)19-20-14(3)10-12-17-7-6-8-18(22(17)20)15(4)21(16)19/h5-12H,2-3H2,1,4H3/b16-5-. The number of rotatable bonds is 0. The minimum Gasteiger partial charge on any atom is -0.0911 e. The van der Waals surface area contributed by atoms with Crippen LogP contribution in [0.4, 0.5) is 0 Å². The smallest absolute Gasteiger partial charge is 0.00205 e. The molecule has 0 aromatic heterocycles. The van der Waals surface area contributed by atoms with Gasteiger partial charge in [0.25, 0.3) is 0 Å². The minimum atomic E-state index is 1.08. The van der Waals surface area contributed by atoms with Crippen LogP contribution in [0.1, 0.15) is 12.5 Å². The molecule has 0 aliphatic heterocycles. The number of aryl methyl sites for hydroxylation is 1. The number of hydrogen-bond donors (Lipinski definition) is 0. The van der Waals surface area contributed by atoms with Gasteiger partial charge in [-0.25, -0.2) is 0 Å². The second kappa shape index (κ2) is 4.45. The summed E-state index contributed by atoms with van der Waals surface area (Å²) in [5, 5.41) is 11.1. The summed E-state index contributed by atoms with van der Waals surface area (Å²) >= 11 is 0. The van der Waals surface area contributed by atoms with Crippen molar-refractivity contribution in [2.45, 2.75) is 13.8 Å². The highest BCUT2D eigenvalue weighted by molar-refractivity contribution is 6.23. The molecule has 4 rings (SSSR count). The van der Waals surface area contributed by atoms with Gasteiger partial charge < -0.3 is 0 Å². The fourth-order valence-corrected chi connectivity index (χ4v) is 3.75. The van der Waals surface area contributed by atoms with Crippen LogP contribution in [-0.2, 0) is 0 Å². The summed E-state index contributed by atoms with van der Waals surface area (Å²) in [6, 6.07) is 15.1. The van der Waals surface area contributed by atoms with Crippen molar-refractivity contribution in [3.63, 3.8) is 0 Å². The Morgan fingerprint density at radius 1 is 0.773 bits per heavy atom. The normalized spacial score (nSPS) is 12.7. The zero-order valence-electron chi connectivity index (χ0n) is 13.0. The molecule has 4 aromatic carbocycles. The van der Waals surface area contributed by atoms with E-state index in [1.54, 1.807) is 0 Å². The number of hydrogen-bond acceptors (Lipinski definition) is 0. The van der Waals surface area contributed by atoms with Gasteiger partial charge in [0.2, 0.25) is 0 Å². The lowest BCUT2D eigenvalue weighted by atomic mass is 9.89. The first-order valence-corrected chi connectivity index (χ1v) is 7.64. The molecule has 0 fully saturated rings. The molecule has 0 heteroatoms. The molecule has 106 valence electrons. The van der Waals surface area contributed by atoms with Gasteiger partial charge in [-0.15, -0.1) is 0 Å². The quantitative estimate of drug-likeness (QED) is 0.340. The van der Waals surface area contributed by atoms with Crippen molar-refractivity contribution in [1.29, 1.82) is 0 Å². The first kappa shape index (κ1) is 13.1. The van der Waals surface area contributed by atoms with E-state index in [4.69, 9.17) is 0 Å². The Kier molecular flexibility index (Phi) is 2.65. The van der Waals surface area contributed by atoms with Crippen molar-refractivity contribution in [2.75, 3.05) is 0 Å². The van der Waals surface area contributed by atoms with Crippen LogP contribution in [0.5, 0.6) is 0 Å². The molecule has 0 saturated carbocycles. The molecule has 0 saturated heterocycles. The van der Waals surface area contributed by atoms with Gasteiger partial charge in [-0.3, -0.25) is 0 Å². The SMILES string of the molecule is C=c1cc/c(=C/C)c2c(C)c3cccc4ccc(=C)c(c12)c43. The summed E-state index contributed by atoms with van der Waals surface area (Å²) in [6.45, 7) is 12.9. The lowest BCUT2D eigenvalue weighted by molar-refractivity contribution is 1.54. The Bertz CT molecular complexity index is 1210. The highest BCUT2D eigenvalue weighted by atomic mass is 14.2. The van der Waals surface area contributed by atoms with E-state index in [9.17, 15) is 0 Å². The molecule has 0 radical (unpaired) electrons. The van der Waals surface area contributed by atoms with Crippen LogP contribution in [0.25, 0.3) is 51.6 Å². The van der Waals surface area contributed by atoms with Gasteiger partial charge >= 0.3 is 0 Å². The molecule has 0 aliphatic carbocycles. The van der Waals surface area contributed by atoms with Crippen molar-refractivity contribution in [3.05, 3.63) is 63.7 Å². The minimum absolute atomic E-state index is 1.08. The van der Waals surface area contributed by atoms with Gasteiger partial charge in [0, 0.05) is 0 Å². The molecule has 4 aromatic rings. The fraction of sp³-hybridized carbons (Fsp3) is 0.0909. The van der Waals surface area contributed by atoms with Crippen molar-refractivity contribution < 1.29 is 0 Å². The maximum atomic E-state index is 4.29. The van der Waals surface area contributed by atoms with Crippen LogP contribution in [-0.4, -0.2) is 0 Å². The lowest BCUT2D eigenvalue weighted by Gasteiger charge is -2.14. The van der Waals surface area contributed by atoms with E-state index in [2.05, 4.69) is 75.5 Å². The predicted molar refractivity (Wildman–Crippen MR) is 99.3 cm³/mol. The molecule has 0 nitrogen and oxygen atoms in total. The van der Waals surface area contributed by atoms with Gasteiger partial charge in [0.1, 0.15) is 0 Å². The molecule has 0 amide bonds. The average molecular weight is 282 g/mol. The van der Waals surface area contributed by atoms with Crippen molar-refractivity contribution in [1.82, 2.24) is 0 Å². The van der Waals surface area contributed by atoms with E-state index in [0.717, 1.165) is 10.4 Å². The Hall–Kier alpha value is -2.60. The van der Waals surface area contributed by atoms with E-state index in [1.165, 1.54) is 43.1 Å². The predicted octanol–water partition coefficient (Wildman–Crippen LogP) is 3.79. The molecule has 0 unspecified atom stereocenters. The van der Waals surface area contributed by atoms with E-state index >= 15 is 0 Å². The Morgan fingerprint density at radius 2 is 1.45 bits per heavy atom. The molecule has 0 heterocycles. The van der Waals surface area contributed by atoms with Crippen molar-refractivity contribution >= 4 is 51.6 Å². The van der Waals surface area contributed by atoms with Gasteiger partial charge in [0.15, 0.2) is 0 Å². The van der Waals surface area contributed by atoms with Crippen LogP contribution >= 0.6 is 0 Å². The second-order valence-corrected chi connectivity index (χ2v) is 5.98. The molecule has 22 heavy (non-hydrogen) atoms. The van der Waals surface area contributed by atoms with E-state index in [0.29, 0.717) is 0 Å². The van der Waals surface area contributed by atoms with Crippen molar-refractivity contribution in [2.24, 2.45) is 0 Å². The Labute approximate surface area is 129 Å². The molecular weight excluding hydrogens is 264 g/mol. The second-order valence-electron chi connectivity index (χ2n) is 5.98. The maximum absolute atomic E-state index is 4.29. The summed E-state index contributed by atoms with van der Waals surface area (Å²) in [5.41, 5.74) is 1.33. The van der Waals surface area contributed by atoms with Crippen LogP contribution in [0.15, 0.2) is 42.5 Å². The molecule has 0 N–H and O–H groups in total. The summed E-state index contributed by atoms with van der Waals surface area (Å²) in [6.07, 6.45) is 2.18. The third-order valence-electron chi connectivity index (χ3n) is 4.80. The number of fused-ring (bicyclic) bond motifs is 2. The topological polar surface area (TPSA) is 0 Å². The van der Waals surface area contributed by atoms with Crippen LogP contribution in [0.3, 0.4) is 0 Å². The van der Waals surface area contributed by atoms with Gasteiger partial charge in [-0.1, -0.05) is 61.7 Å². The van der Waals surface area contributed by atoms with Crippen molar-refractivity contribution in [3.8, 4) is 0 Å². The van der Waals surface area contributed by atoms with Gasteiger partial charge in [-0.2, -0.15) is 0 Å². The fourth-order valence-electron chi connectivity index (χ4n) is 3.75. The van der Waals surface area contributed by atoms with Gasteiger partial charge in [-0.05, 0) is 67.4 Å². The zero-order valence-corrected chi connectivity index (χ0v) is 13.0. The summed E-state index contributed by atoms with van der Waals surface area (Å²) in [5.74, 6) is 0. The third-order valence-corrected chi connectivity index (χ3v) is 4.80. The highest BCUT2D eigenvalue weighted by Crippen LogP contribution is 2.32. The highest BCUT2D eigenvalue weighted by Gasteiger charge is 2.12. The van der Waals surface area contributed by atoms with E-state index < -0.39 is 0 Å². The van der Waals surface area contributed by atoms with Gasteiger partial charge in [0.05, 0.1) is 0 Å². The molecule has 0 bridgehead atoms. The zero-order chi connectivity index (χ0) is 15.4. The van der Waals surface area contributed by atoms with E-state index in [1.807, 2.05) is 0 Å². The summed E-state index contributed by atoms with van der Waals surface area (Å²) in [4.78, 5) is 0. The maximum Gasteiger partial charge on any atom is -0.00205 e. The molecule has 0 aliphatic rings. The Morgan fingerprint density at radius 3 is 2.18 bits per heavy atom.